The Kier molecular flexibility index (Phi) is 3.93. The van der Waals surface area contributed by atoms with Crippen LogP contribution in [0.1, 0.15) is 16.6 Å². The van der Waals surface area contributed by atoms with Crippen LogP contribution in [0.15, 0.2) is 35.8 Å². The summed E-state index contributed by atoms with van der Waals surface area (Å²) in [5.41, 5.74) is 1.08. The third-order valence-corrected chi connectivity index (χ3v) is 3.92. The second-order valence-corrected chi connectivity index (χ2v) is 4.85. The lowest BCUT2D eigenvalue weighted by atomic mass is 10.1. The van der Waals surface area contributed by atoms with Crippen molar-refractivity contribution in [3.63, 3.8) is 0 Å². The molecule has 0 aliphatic rings. The highest BCUT2D eigenvalue weighted by Gasteiger charge is 2.15. The fourth-order valence-corrected chi connectivity index (χ4v) is 2.91. The number of aromatic nitrogens is 1. The van der Waals surface area contributed by atoms with Gasteiger partial charge in [0.1, 0.15) is 0 Å². The van der Waals surface area contributed by atoms with Crippen LogP contribution in [-0.4, -0.2) is 12.0 Å². The second-order valence-electron chi connectivity index (χ2n) is 3.50. The summed E-state index contributed by atoms with van der Waals surface area (Å²) < 4.78 is 0. The minimum Gasteiger partial charge on any atom is -0.312 e. The molecule has 1 atom stereocenters. The van der Waals surface area contributed by atoms with Gasteiger partial charge < -0.3 is 5.32 Å². The summed E-state index contributed by atoms with van der Waals surface area (Å²) >= 11 is 7.81. The van der Waals surface area contributed by atoms with Crippen LogP contribution in [-0.2, 0) is 6.42 Å². The van der Waals surface area contributed by atoms with Crippen molar-refractivity contribution in [1.82, 2.24) is 10.3 Å². The molecule has 0 saturated carbocycles. The molecule has 0 aromatic carbocycles. The van der Waals surface area contributed by atoms with Crippen LogP contribution < -0.4 is 5.32 Å². The van der Waals surface area contributed by atoms with Crippen LogP contribution in [0.5, 0.6) is 0 Å². The van der Waals surface area contributed by atoms with E-state index in [4.69, 9.17) is 11.6 Å². The Morgan fingerprint density at radius 1 is 1.44 bits per heavy atom. The Morgan fingerprint density at radius 2 is 2.31 bits per heavy atom. The number of nitrogens with zero attached hydrogens (tertiary/aromatic N) is 1. The van der Waals surface area contributed by atoms with Gasteiger partial charge in [-0.15, -0.1) is 11.3 Å². The lowest BCUT2D eigenvalue weighted by Gasteiger charge is -2.14. The standard InChI is InChI=1S/C12H13ClN2S/c1-14-11(12-10(13)5-7-16-12)8-9-4-2-3-6-15-9/h2-7,11,14H,8H2,1H3. The molecule has 1 N–H and O–H groups in total. The first-order valence-electron chi connectivity index (χ1n) is 5.11. The lowest BCUT2D eigenvalue weighted by Crippen LogP contribution is -2.18. The maximum absolute atomic E-state index is 6.13. The number of hydrogen-bond donors (Lipinski definition) is 1. The molecule has 2 aromatic rings. The Morgan fingerprint density at radius 3 is 2.88 bits per heavy atom. The normalized spacial score (nSPS) is 12.6. The van der Waals surface area contributed by atoms with E-state index in [1.807, 2.05) is 42.9 Å². The molecule has 84 valence electrons. The number of rotatable bonds is 4. The third kappa shape index (κ3) is 2.61. The first-order valence-corrected chi connectivity index (χ1v) is 6.37. The zero-order chi connectivity index (χ0) is 11.4. The zero-order valence-corrected chi connectivity index (χ0v) is 10.6. The van der Waals surface area contributed by atoms with Crippen LogP contribution in [0.4, 0.5) is 0 Å². The van der Waals surface area contributed by atoms with E-state index in [2.05, 4.69) is 10.3 Å². The summed E-state index contributed by atoms with van der Waals surface area (Å²) in [6.07, 6.45) is 2.68. The van der Waals surface area contributed by atoms with E-state index in [1.165, 1.54) is 4.88 Å². The molecule has 4 heteroatoms. The van der Waals surface area contributed by atoms with Crippen molar-refractivity contribution in [3.05, 3.63) is 51.4 Å². The molecule has 0 aliphatic carbocycles. The van der Waals surface area contributed by atoms with Gasteiger partial charge >= 0.3 is 0 Å². The fourth-order valence-electron chi connectivity index (χ4n) is 1.61. The topological polar surface area (TPSA) is 24.9 Å². The number of hydrogen-bond acceptors (Lipinski definition) is 3. The van der Waals surface area contributed by atoms with Gasteiger partial charge in [0.15, 0.2) is 0 Å². The summed E-state index contributed by atoms with van der Waals surface area (Å²) in [5, 5.41) is 6.13. The molecule has 2 aromatic heterocycles. The lowest BCUT2D eigenvalue weighted by molar-refractivity contribution is 0.594. The van der Waals surface area contributed by atoms with E-state index in [0.717, 1.165) is 17.1 Å². The van der Waals surface area contributed by atoms with Gasteiger partial charge in [0.25, 0.3) is 0 Å². The van der Waals surface area contributed by atoms with Crippen LogP contribution in [0.2, 0.25) is 5.02 Å². The van der Waals surface area contributed by atoms with Crippen molar-refractivity contribution in [3.8, 4) is 0 Å². The highest BCUT2D eigenvalue weighted by molar-refractivity contribution is 7.10. The maximum atomic E-state index is 6.13. The molecule has 0 fully saturated rings. The minimum absolute atomic E-state index is 0.238. The van der Waals surface area contributed by atoms with Gasteiger partial charge in [0.05, 0.1) is 5.02 Å². The van der Waals surface area contributed by atoms with Gasteiger partial charge in [-0.1, -0.05) is 17.7 Å². The molecule has 0 aliphatic heterocycles. The quantitative estimate of drug-likeness (QED) is 0.903. The number of nitrogens with one attached hydrogen (secondary N) is 1. The molecule has 0 saturated heterocycles. The van der Waals surface area contributed by atoms with Crippen molar-refractivity contribution in [2.24, 2.45) is 0 Å². The highest BCUT2D eigenvalue weighted by atomic mass is 35.5. The third-order valence-electron chi connectivity index (χ3n) is 2.45. The number of halogens is 1. The summed E-state index contributed by atoms with van der Waals surface area (Å²) in [6.45, 7) is 0. The highest BCUT2D eigenvalue weighted by Crippen LogP contribution is 2.30. The average molecular weight is 253 g/mol. The summed E-state index contributed by atoms with van der Waals surface area (Å²) in [4.78, 5) is 5.50. The summed E-state index contributed by atoms with van der Waals surface area (Å²) in [6, 6.07) is 8.14. The van der Waals surface area contributed by atoms with E-state index in [-0.39, 0.29) is 6.04 Å². The molecule has 0 bridgehead atoms. The Hall–Kier alpha value is -0.900. The first kappa shape index (κ1) is 11.6. The number of thiophene rings is 1. The average Bonchev–Trinajstić information content (AvgIpc) is 2.74. The Balaban J connectivity index is 2.16. The van der Waals surface area contributed by atoms with Gasteiger partial charge in [0, 0.05) is 29.2 Å². The van der Waals surface area contributed by atoms with E-state index in [0.29, 0.717) is 0 Å². The fraction of sp³-hybridized carbons (Fsp3) is 0.250. The van der Waals surface area contributed by atoms with Gasteiger partial charge in [0.2, 0.25) is 0 Å². The Labute approximate surface area is 104 Å². The molecule has 0 spiro atoms. The second kappa shape index (κ2) is 5.43. The van der Waals surface area contributed by atoms with Gasteiger partial charge in [-0.25, -0.2) is 0 Å². The van der Waals surface area contributed by atoms with E-state index < -0.39 is 0 Å². The molecule has 2 nitrogen and oxygen atoms in total. The monoisotopic (exact) mass is 252 g/mol. The van der Waals surface area contributed by atoms with Crippen LogP contribution in [0, 0.1) is 0 Å². The molecule has 1 unspecified atom stereocenters. The van der Waals surface area contributed by atoms with E-state index in [9.17, 15) is 0 Å². The van der Waals surface area contributed by atoms with Crippen LogP contribution >= 0.6 is 22.9 Å². The van der Waals surface area contributed by atoms with Gasteiger partial charge in [-0.2, -0.15) is 0 Å². The molecular formula is C12H13ClN2S. The Bertz CT molecular complexity index is 441. The number of likely N-dealkylation sites (N-methyl/N-ethyl adjacent to an activating group) is 1. The van der Waals surface area contributed by atoms with Crippen molar-refractivity contribution in [2.75, 3.05) is 7.05 Å². The van der Waals surface area contributed by atoms with Crippen molar-refractivity contribution >= 4 is 22.9 Å². The van der Waals surface area contributed by atoms with E-state index in [1.54, 1.807) is 11.3 Å². The van der Waals surface area contributed by atoms with Crippen LogP contribution in [0.3, 0.4) is 0 Å². The first-order chi connectivity index (χ1) is 7.81. The summed E-state index contributed by atoms with van der Waals surface area (Å²) in [5.74, 6) is 0. The predicted octanol–water partition coefficient (Wildman–Crippen LogP) is 3.30. The molecule has 16 heavy (non-hydrogen) atoms. The minimum atomic E-state index is 0.238. The van der Waals surface area contributed by atoms with Crippen molar-refractivity contribution < 1.29 is 0 Å². The molecule has 2 rings (SSSR count). The SMILES string of the molecule is CNC(Cc1ccccn1)c1sccc1Cl. The maximum Gasteiger partial charge on any atom is 0.0561 e. The van der Waals surface area contributed by atoms with Crippen molar-refractivity contribution in [2.45, 2.75) is 12.5 Å². The number of pyridine rings is 1. The van der Waals surface area contributed by atoms with Crippen molar-refractivity contribution in [1.29, 1.82) is 0 Å². The predicted molar refractivity (Wildman–Crippen MR) is 69.1 cm³/mol. The largest absolute Gasteiger partial charge is 0.312 e. The smallest absolute Gasteiger partial charge is 0.0561 e. The van der Waals surface area contributed by atoms with Crippen LogP contribution in [0.25, 0.3) is 0 Å². The molecule has 2 heterocycles. The zero-order valence-electron chi connectivity index (χ0n) is 8.98. The van der Waals surface area contributed by atoms with Gasteiger partial charge in [-0.3, -0.25) is 4.98 Å². The van der Waals surface area contributed by atoms with Gasteiger partial charge in [-0.05, 0) is 30.6 Å². The molecule has 0 amide bonds. The molecule has 0 radical (unpaired) electrons. The summed E-state index contributed by atoms with van der Waals surface area (Å²) in [7, 11) is 1.95. The van der Waals surface area contributed by atoms with E-state index >= 15 is 0 Å². The molecular weight excluding hydrogens is 240 g/mol.